The zero-order valence-electron chi connectivity index (χ0n) is 20.2. The van der Waals surface area contributed by atoms with Gasteiger partial charge < -0.3 is 19.9 Å². The number of fused-ring (bicyclic) bond motifs is 1. The van der Waals surface area contributed by atoms with Gasteiger partial charge in [0.2, 0.25) is 0 Å². The van der Waals surface area contributed by atoms with Gasteiger partial charge in [0, 0.05) is 43.9 Å². The number of ether oxygens (including phenoxy) is 1. The molecule has 1 saturated heterocycles. The van der Waals surface area contributed by atoms with Crippen molar-refractivity contribution in [2.24, 2.45) is 0 Å². The minimum Gasteiger partial charge on any atom is -0.465 e. The number of aromatic nitrogens is 4. The molecule has 0 atom stereocenters. The van der Waals surface area contributed by atoms with Crippen molar-refractivity contribution < 1.29 is 14.3 Å². The van der Waals surface area contributed by atoms with Gasteiger partial charge in [-0.15, -0.1) is 0 Å². The summed E-state index contributed by atoms with van der Waals surface area (Å²) in [4.78, 5) is 38.0. The molecule has 0 unspecified atom stereocenters. The summed E-state index contributed by atoms with van der Waals surface area (Å²) in [6.45, 7) is 4.25. The minimum atomic E-state index is -0.494. The van der Waals surface area contributed by atoms with Crippen molar-refractivity contribution in [2.45, 2.75) is 13.3 Å². The van der Waals surface area contributed by atoms with Crippen LogP contribution < -0.4 is 10.2 Å². The summed E-state index contributed by atoms with van der Waals surface area (Å²) in [5, 5.41) is 7.31. The molecule has 0 spiro atoms. The monoisotopic (exact) mass is 485 g/mol. The van der Waals surface area contributed by atoms with Crippen molar-refractivity contribution in [1.29, 1.82) is 0 Å². The number of benzene rings is 2. The summed E-state index contributed by atoms with van der Waals surface area (Å²) in [7, 11) is 1.32. The van der Waals surface area contributed by atoms with Gasteiger partial charge >= 0.3 is 12.0 Å². The number of hydrogen-bond acceptors (Lipinski definition) is 7. The van der Waals surface area contributed by atoms with Crippen LogP contribution in [0.3, 0.4) is 0 Å². The second-order valence-electron chi connectivity index (χ2n) is 8.58. The quantitative estimate of drug-likeness (QED) is 0.433. The number of rotatable bonds is 5. The van der Waals surface area contributed by atoms with Gasteiger partial charge in [0.25, 0.3) is 5.78 Å². The molecule has 2 aromatic heterocycles. The molecule has 1 N–H and O–H groups in total. The maximum atomic E-state index is 13.0. The first-order chi connectivity index (χ1) is 17.5. The Bertz CT molecular complexity index is 1400. The minimum absolute atomic E-state index is 0.257. The molecule has 2 aromatic carbocycles. The van der Waals surface area contributed by atoms with Crippen molar-refractivity contribution in [2.75, 3.05) is 43.5 Å². The van der Waals surface area contributed by atoms with E-state index in [4.69, 9.17) is 4.74 Å². The van der Waals surface area contributed by atoms with Crippen molar-refractivity contribution in [3.8, 4) is 0 Å². The first-order valence-electron chi connectivity index (χ1n) is 11.8. The molecule has 10 heteroatoms. The lowest BCUT2D eigenvalue weighted by molar-refractivity contribution is 0.0602. The topological polar surface area (TPSA) is 105 Å². The Hall–Kier alpha value is -4.47. The fourth-order valence-corrected chi connectivity index (χ4v) is 4.50. The number of piperazine rings is 1. The van der Waals surface area contributed by atoms with Crippen LogP contribution in [0.25, 0.3) is 5.78 Å². The van der Waals surface area contributed by atoms with Gasteiger partial charge in [-0.25, -0.2) is 14.6 Å². The number of carbonyl (C=O) groups is 2. The molecule has 36 heavy (non-hydrogen) atoms. The van der Waals surface area contributed by atoms with Gasteiger partial charge in [0.05, 0.1) is 18.4 Å². The predicted molar refractivity (Wildman–Crippen MR) is 135 cm³/mol. The summed E-state index contributed by atoms with van der Waals surface area (Å²) in [5.41, 5.74) is 3.93. The smallest absolute Gasteiger partial charge is 0.339 e. The van der Waals surface area contributed by atoms with Crippen molar-refractivity contribution in [3.05, 3.63) is 83.3 Å². The molecule has 0 saturated carbocycles. The number of amides is 2. The molecule has 184 valence electrons. The summed E-state index contributed by atoms with van der Waals surface area (Å²) < 4.78 is 6.62. The number of carbonyl (C=O) groups excluding carboxylic acids is 2. The maximum Gasteiger partial charge on any atom is 0.339 e. The molecule has 4 aromatic rings. The van der Waals surface area contributed by atoms with E-state index in [2.05, 4.69) is 37.4 Å². The number of aryl methyl sites for hydroxylation is 1. The first kappa shape index (κ1) is 23.3. The van der Waals surface area contributed by atoms with Crippen LogP contribution in [-0.4, -0.2) is 69.8 Å². The van der Waals surface area contributed by atoms with E-state index in [0.717, 1.165) is 23.5 Å². The van der Waals surface area contributed by atoms with E-state index in [1.165, 1.54) is 19.0 Å². The molecule has 1 aliphatic rings. The van der Waals surface area contributed by atoms with E-state index in [9.17, 15) is 9.59 Å². The highest BCUT2D eigenvalue weighted by molar-refractivity contribution is 6.00. The number of esters is 1. The second kappa shape index (κ2) is 10.0. The lowest BCUT2D eigenvalue weighted by Gasteiger charge is -2.37. The first-order valence-corrected chi connectivity index (χ1v) is 11.8. The van der Waals surface area contributed by atoms with Crippen molar-refractivity contribution >= 4 is 29.3 Å². The second-order valence-corrected chi connectivity index (χ2v) is 8.58. The van der Waals surface area contributed by atoms with Gasteiger partial charge in [0.1, 0.15) is 12.1 Å². The number of nitrogens with zero attached hydrogens (tertiary/aromatic N) is 6. The van der Waals surface area contributed by atoms with Gasteiger partial charge in [-0.05, 0) is 24.6 Å². The van der Waals surface area contributed by atoms with Crippen LogP contribution >= 0.6 is 0 Å². The van der Waals surface area contributed by atoms with E-state index >= 15 is 0 Å². The highest BCUT2D eigenvalue weighted by Crippen LogP contribution is 2.27. The van der Waals surface area contributed by atoms with Gasteiger partial charge in [-0.3, -0.25) is 0 Å². The van der Waals surface area contributed by atoms with Crippen LogP contribution in [0.1, 0.15) is 27.2 Å². The molecule has 10 nitrogen and oxygen atoms in total. The average Bonchev–Trinajstić information content (AvgIpc) is 3.37. The fraction of sp³-hybridized carbons (Fsp3) is 0.269. The van der Waals surface area contributed by atoms with E-state index in [0.29, 0.717) is 43.2 Å². The third-order valence-corrected chi connectivity index (χ3v) is 6.37. The Morgan fingerprint density at radius 3 is 2.47 bits per heavy atom. The Morgan fingerprint density at radius 1 is 1.00 bits per heavy atom. The van der Waals surface area contributed by atoms with Crippen LogP contribution in [0.15, 0.2) is 60.9 Å². The third-order valence-electron chi connectivity index (χ3n) is 6.37. The summed E-state index contributed by atoms with van der Waals surface area (Å²) in [6, 6.07) is 16.8. The van der Waals surface area contributed by atoms with Gasteiger partial charge in [-0.1, -0.05) is 42.5 Å². The molecule has 0 bridgehead atoms. The summed E-state index contributed by atoms with van der Waals surface area (Å²) in [5.74, 6) is 1.01. The molecule has 3 heterocycles. The van der Waals surface area contributed by atoms with E-state index < -0.39 is 5.97 Å². The van der Waals surface area contributed by atoms with E-state index in [1.807, 2.05) is 25.1 Å². The maximum absolute atomic E-state index is 13.0. The third kappa shape index (κ3) is 4.57. The lowest BCUT2D eigenvalue weighted by atomic mass is 10.0. The van der Waals surface area contributed by atoms with Crippen molar-refractivity contribution in [3.63, 3.8) is 0 Å². The SMILES string of the molecule is COC(=O)c1ccccc1NC(=O)N1CCN(c2c(Cc3ccccc3)c(C)nc3ncnn23)CC1. The zero-order valence-corrected chi connectivity index (χ0v) is 20.2. The Kier molecular flexibility index (Phi) is 6.48. The van der Waals surface area contributed by atoms with Crippen molar-refractivity contribution in [1.82, 2.24) is 24.5 Å². The number of para-hydroxylation sites is 1. The predicted octanol–water partition coefficient (Wildman–Crippen LogP) is 3.16. The van der Waals surface area contributed by atoms with Crippen LogP contribution in [0.4, 0.5) is 16.3 Å². The van der Waals surface area contributed by atoms with Crippen LogP contribution in [-0.2, 0) is 11.2 Å². The Morgan fingerprint density at radius 2 is 1.72 bits per heavy atom. The summed E-state index contributed by atoms with van der Waals surface area (Å²) >= 11 is 0. The van der Waals surface area contributed by atoms with Crippen LogP contribution in [0.5, 0.6) is 0 Å². The highest BCUT2D eigenvalue weighted by atomic mass is 16.5. The molecule has 0 aliphatic carbocycles. The van der Waals surface area contributed by atoms with Crippen LogP contribution in [0, 0.1) is 6.92 Å². The number of urea groups is 1. The lowest BCUT2D eigenvalue weighted by Crippen LogP contribution is -2.51. The largest absolute Gasteiger partial charge is 0.465 e. The Balaban J connectivity index is 1.35. The molecule has 5 rings (SSSR count). The fourth-order valence-electron chi connectivity index (χ4n) is 4.50. The number of nitrogens with one attached hydrogen (secondary N) is 1. The number of methoxy groups -OCH3 is 1. The molecule has 1 fully saturated rings. The van der Waals surface area contributed by atoms with Gasteiger partial charge in [-0.2, -0.15) is 14.6 Å². The molecule has 1 aliphatic heterocycles. The Labute approximate surface area is 208 Å². The van der Waals surface area contributed by atoms with Gasteiger partial charge in [0.15, 0.2) is 0 Å². The zero-order chi connectivity index (χ0) is 25.1. The average molecular weight is 486 g/mol. The highest BCUT2D eigenvalue weighted by Gasteiger charge is 2.27. The molecular formula is C26H27N7O3. The number of anilines is 2. The standard InChI is InChI=1S/C26H27N7O3/c1-18-21(16-19-8-4-3-5-9-19)23(33-25(29-18)27-17-28-33)31-12-14-32(15-13-31)26(35)30-22-11-7-6-10-20(22)24(34)36-2/h3-11,17H,12-16H2,1-2H3,(H,30,35). The molecule has 2 amide bonds. The van der Waals surface area contributed by atoms with E-state index in [1.54, 1.807) is 33.7 Å². The summed E-state index contributed by atoms with van der Waals surface area (Å²) in [6.07, 6.45) is 2.23. The normalized spacial score (nSPS) is 13.6. The molecular weight excluding hydrogens is 458 g/mol. The van der Waals surface area contributed by atoms with E-state index in [-0.39, 0.29) is 6.03 Å². The molecule has 0 radical (unpaired) electrons. The number of hydrogen-bond donors (Lipinski definition) is 1. The van der Waals surface area contributed by atoms with Crippen LogP contribution in [0.2, 0.25) is 0 Å².